The minimum atomic E-state index is -0.368. The van der Waals surface area contributed by atoms with Crippen molar-refractivity contribution in [1.82, 2.24) is 14.9 Å². The summed E-state index contributed by atoms with van der Waals surface area (Å²) in [5, 5.41) is 0. The smallest absolute Gasteiger partial charge is 0.264 e. The standard InChI is InChI=1S/C18H22N4O3/c1-12-16(17(23)20-13(2)19-12)18(24)22-10-8-21(9-11-22)14-4-6-15(25-3)7-5-14/h4-7H,8-11H2,1-3H3,(H,19,20,23). The lowest BCUT2D eigenvalue weighted by molar-refractivity contribution is 0.0743. The fraction of sp³-hybridized carbons (Fsp3) is 0.389. The third-order valence-corrected chi connectivity index (χ3v) is 4.44. The molecule has 0 atom stereocenters. The van der Waals surface area contributed by atoms with Crippen molar-refractivity contribution in [1.29, 1.82) is 0 Å². The molecule has 1 aliphatic rings. The average Bonchev–Trinajstić information content (AvgIpc) is 2.61. The van der Waals surface area contributed by atoms with E-state index < -0.39 is 0 Å². The molecule has 1 fully saturated rings. The minimum Gasteiger partial charge on any atom is -0.497 e. The lowest BCUT2D eigenvalue weighted by atomic mass is 10.1. The van der Waals surface area contributed by atoms with Gasteiger partial charge in [-0.25, -0.2) is 4.98 Å². The molecule has 1 aromatic carbocycles. The van der Waals surface area contributed by atoms with Crippen LogP contribution in [0.15, 0.2) is 29.1 Å². The van der Waals surface area contributed by atoms with Crippen LogP contribution in [-0.2, 0) is 0 Å². The third kappa shape index (κ3) is 3.50. The van der Waals surface area contributed by atoms with Gasteiger partial charge in [0.25, 0.3) is 11.5 Å². The topological polar surface area (TPSA) is 78.5 Å². The number of carbonyl (C=O) groups is 1. The molecular formula is C18H22N4O3. The van der Waals surface area contributed by atoms with Crippen LogP contribution in [0.25, 0.3) is 0 Å². The maximum absolute atomic E-state index is 12.7. The SMILES string of the molecule is COc1ccc(N2CCN(C(=O)c3c(C)nc(C)[nH]c3=O)CC2)cc1. The van der Waals surface area contributed by atoms with E-state index in [0.29, 0.717) is 37.7 Å². The third-order valence-electron chi connectivity index (χ3n) is 4.44. The van der Waals surface area contributed by atoms with Crippen LogP contribution in [0.3, 0.4) is 0 Å². The van der Waals surface area contributed by atoms with Crippen LogP contribution in [0.1, 0.15) is 21.9 Å². The number of benzene rings is 1. The Morgan fingerprint density at radius 1 is 1.12 bits per heavy atom. The molecule has 1 saturated heterocycles. The summed E-state index contributed by atoms with van der Waals surface area (Å²) >= 11 is 0. The Bertz CT molecular complexity index is 821. The summed E-state index contributed by atoms with van der Waals surface area (Å²) in [4.78, 5) is 35.6. The van der Waals surface area contributed by atoms with Gasteiger partial charge in [0.2, 0.25) is 0 Å². The first-order valence-corrected chi connectivity index (χ1v) is 8.25. The lowest BCUT2D eigenvalue weighted by Crippen LogP contribution is -2.50. The molecule has 0 unspecified atom stereocenters. The van der Waals surface area contributed by atoms with Crippen molar-refractivity contribution in [2.75, 3.05) is 38.2 Å². The molecule has 0 aliphatic carbocycles. The Kier molecular flexibility index (Phi) is 4.74. The molecule has 1 aromatic heterocycles. The predicted molar refractivity (Wildman–Crippen MR) is 95.4 cm³/mol. The highest BCUT2D eigenvalue weighted by atomic mass is 16.5. The number of carbonyl (C=O) groups excluding carboxylic acids is 1. The van der Waals surface area contributed by atoms with Gasteiger partial charge in [-0.05, 0) is 38.1 Å². The van der Waals surface area contributed by atoms with Gasteiger partial charge >= 0.3 is 0 Å². The Hall–Kier alpha value is -2.83. The Balaban J connectivity index is 1.69. The van der Waals surface area contributed by atoms with Crippen LogP contribution in [0.5, 0.6) is 5.75 Å². The zero-order valence-electron chi connectivity index (χ0n) is 14.7. The fourth-order valence-electron chi connectivity index (χ4n) is 3.10. The summed E-state index contributed by atoms with van der Waals surface area (Å²) in [6, 6.07) is 7.87. The highest BCUT2D eigenvalue weighted by Gasteiger charge is 2.26. The van der Waals surface area contributed by atoms with Crippen molar-refractivity contribution in [2.24, 2.45) is 0 Å². The molecule has 1 aliphatic heterocycles. The molecule has 0 spiro atoms. The van der Waals surface area contributed by atoms with E-state index >= 15 is 0 Å². The van der Waals surface area contributed by atoms with E-state index in [4.69, 9.17) is 4.74 Å². The van der Waals surface area contributed by atoms with Crippen molar-refractivity contribution in [3.63, 3.8) is 0 Å². The first-order valence-electron chi connectivity index (χ1n) is 8.25. The van der Waals surface area contributed by atoms with Gasteiger partial charge in [-0.15, -0.1) is 0 Å². The van der Waals surface area contributed by atoms with E-state index in [1.54, 1.807) is 25.9 Å². The van der Waals surface area contributed by atoms with Gasteiger partial charge in [-0.1, -0.05) is 0 Å². The largest absolute Gasteiger partial charge is 0.497 e. The average molecular weight is 342 g/mol. The van der Waals surface area contributed by atoms with Crippen molar-refractivity contribution in [2.45, 2.75) is 13.8 Å². The molecule has 0 radical (unpaired) electrons. The number of hydrogen-bond acceptors (Lipinski definition) is 5. The minimum absolute atomic E-state index is 0.142. The highest BCUT2D eigenvalue weighted by molar-refractivity contribution is 5.95. The molecule has 1 N–H and O–H groups in total. The number of amides is 1. The second-order valence-corrected chi connectivity index (χ2v) is 6.09. The number of piperazine rings is 1. The lowest BCUT2D eigenvalue weighted by Gasteiger charge is -2.36. The number of aromatic amines is 1. The number of nitrogens with zero attached hydrogens (tertiary/aromatic N) is 3. The van der Waals surface area contributed by atoms with Crippen LogP contribution in [0.2, 0.25) is 0 Å². The van der Waals surface area contributed by atoms with Gasteiger partial charge < -0.3 is 19.5 Å². The summed E-state index contributed by atoms with van der Waals surface area (Å²) in [5.74, 6) is 1.09. The number of rotatable bonds is 3. The van der Waals surface area contributed by atoms with E-state index in [9.17, 15) is 9.59 Å². The summed E-state index contributed by atoms with van der Waals surface area (Å²) in [6.45, 7) is 5.97. The summed E-state index contributed by atoms with van der Waals surface area (Å²) in [7, 11) is 1.64. The maximum Gasteiger partial charge on any atom is 0.264 e. The Morgan fingerprint density at radius 3 is 2.32 bits per heavy atom. The first-order chi connectivity index (χ1) is 12.0. The van der Waals surface area contributed by atoms with Crippen LogP contribution in [0.4, 0.5) is 5.69 Å². The summed E-state index contributed by atoms with van der Waals surface area (Å²) in [5.41, 5.74) is 1.35. The van der Waals surface area contributed by atoms with E-state index in [1.807, 2.05) is 24.3 Å². The normalized spacial score (nSPS) is 14.5. The van der Waals surface area contributed by atoms with Gasteiger partial charge in [-0.3, -0.25) is 9.59 Å². The molecule has 132 valence electrons. The van der Waals surface area contributed by atoms with E-state index in [-0.39, 0.29) is 17.0 Å². The van der Waals surface area contributed by atoms with Gasteiger partial charge in [0.1, 0.15) is 17.1 Å². The molecule has 7 heteroatoms. The van der Waals surface area contributed by atoms with Gasteiger partial charge in [-0.2, -0.15) is 0 Å². The monoisotopic (exact) mass is 342 g/mol. The maximum atomic E-state index is 12.7. The molecule has 0 saturated carbocycles. The Labute approximate surface area is 146 Å². The van der Waals surface area contributed by atoms with Gasteiger partial charge in [0, 0.05) is 31.9 Å². The number of aryl methyl sites for hydroxylation is 2. The van der Waals surface area contributed by atoms with Crippen LogP contribution in [-0.4, -0.2) is 54.1 Å². The van der Waals surface area contributed by atoms with Crippen molar-refractivity contribution >= 4 is 11.6 Å². The number of hydrogen-bond donors (Lipinski definition) is 1. The number of aromatic nitrogens is 2. The molecule has 3 rings (SSSR count). The zero-order valence-corrected chi connectivity index (χ0v) is 14.7. The number of anilines is 1. The predicted octanol–water partition coefficient (Wildman–Crippen LogP) is 1.36. The molecule has 25 heavy (non-hydrogen) atoms. The van der Waals surface area contributed by atoms with Crippen molar-refractivity contribution in [3.8, 4) is 5.75 Å². The van der Waals surface area contributed by atoms with E-state index in [1.165, 1.54) is 0 Å². The molecule has 2 aromatic rings. The molecule has 2 heterocycles. The van der Waals surface area contributed by atoms with Gasteiger partial charge in [0.05, 0.1) is 12.8 Å². The quantitative estimate of drug-likeness (QED) is 0.911. The number of nitrogens with one attached hydrogen (secondary N) is 1. The molecule has 0 bridgehead atoms. The van der Waals surface area contributed by atoms with Crippen LogP contribution in [0, 0.1) is 13.8 Å². The number of methoxy groups -OCH3 is 1. The van der Waals surface area contributed by atoms with Crippen LogP contribution >= 0.6 is 0 Å². The van der Waals surface area contributed by atoms with Crippen LogP contribution < -0.4 is 15.2 Å². The first kappa shape index (κ1) is 17.0. The fourth-order valence-corrected chi connectivity index (χ4v) is 3.10. The zero-order chi connectivity index (χ0) is 18.0. The van der Waals surface area contributed by atoms with Crippen molar-refractivity contribution in [3.05, 3.63) is 51.7 Å². The van der Waals surface area contributed by atoms with E-state index in [0.717, 1.165) is 11.4 Å². The second-order valence-electron chi connectivity index (χ2n) is 6.09. The molecule has 1 amide bonds. The molecule has 7 nitrogen and oxygen atoms in total. The summed E-state index contributed by atoms with van der Waals surface area (Å²) < 4.78 is 5.17. The van der Waals surface area contributed by atoms with E-state index in [2.05, 4.69) is 14.9 Å². The molecular weight excluding hydrogens is 320 g/mol. The van der Waals surface area contributed by atoms with Gasteiger partial charge in [0.15, 0.2) is 0 Å². The number of ether oxygens (including phenoxy) is 1. The Morgan fingerprint density at radius 2 is 1.76 bits per heavy atom. The number of H-pyrrole nitrogens is 1. The highest BCUT2D eigenvalue weighted by Crippen LogP contribution is 2.21. The summed E-state index contributed by atoms with van der Waals surface area (Å²) in [6.07, 6.45) is 0. The second kappa shape index (κ2) is 6.96. The van der Waals surface area contributed by atoms with Crippen molar-refractivity contribution < 1.29 is 9.53 Å².